The van der Waals surface area contributed by atoms with Crippen molar-refractivity contribution in [1.82, 2.24) is 19.9 Å². The lowest BCUT2D eigenvalue weighted by atomic mass is 10.1. The third-order valence-corrected chi connectivity index (χ3v) is 5.68. The van der Waals surface area contributed by atoms with Gasteiger partial charge in [0.25, 0.3) is 5.91 Å². The second-order valence-electron chi connectivity index (χ2n) is 6.81. The van der Waals surface area contributed by atoms with E-state index in [2.05, 4.69) is 22.0 Å². The van der Waals surface area contributed by atoms with Crippen molar-refractivity contribution < 1.29 is 9.21 Å². The monoisotopic (exact) mass is 430 g/mol. The van der Waals surface area contributed by atoms with E-state index in [4.69, 9.17) is 4.42 Å². The van der Waals surface area contributed by atoms with Gasteiger partial charge in [-0.25, -0.2) is 9.50 Å². The lowest BCUT2D eigenvalue weighted by molar-refractivity contribution is 0.0958. The number of hydrogen-bond donors (Lipinski definition) is 1. The number of nitrogens with one attached hydrogen (secondary N) is 1. The minimum absolute atomic E-state index is 0.0979. The molecule has 0 aliphatic heterocycles. The third kappa shape index (κ3) is 4.57. The van der Waals surface area contributed by atoms with Crippen molar-refractivity contribution >= 4 is 28.5 Å². The highest BCUT2D eigenvalue weighted by atomic mass is 32.1. The second kappa shape index (κ2) is 9.40. The summed E-state index contributed by atoms with van der Waals surface area (Å²) in [6.45, 7) is 6.36. The van der Waals surface area contributed by atoms with Crippen molar-refractivity contribution in [2.45, 2.75) is 13.3 Å². The van der Waals surface area contributed by atoms with Gasteiger partial charge >= 0.3 is 0 Å². The van der Waals surface area contributed by atoms with Crippen LogP contribution in [0, 0.1) is 0 Å². The number of allylic oxidation sites excluding steroid dienone is 5. The fourth-order valence-electron chi connectivity index (χ4n) is 3.15. The molecule has 0 saturated carbocycles. The Balaban J connectivity index is 1.51. The lowest BCUT2D eigenvalue weighted by Gasteiger charge is -2.03. The van der Waals surface area contributed by atoms with Crippen molar-refractivity contribution in [3.8, 4) is 11.1 Å². The molecule has 31 heavy (non-hydrogen) atoms. The lowest BCUT2D eigenvalue weighted by Crippen LogP contribution is -2.24. The van der Waals surface area contributed by atoms with Gasteiger partial charge in [0.1, 0.15) is 5.76 Å². The minimum atomic E-state index is -0.0979. The first-order valence-electron chi connectivity index (χ1n) is 9.88. The van der Waals surface area contributed by atoms with E-state index < -0.39 is 0 Å². The van der Waals surface area contributed by atoms with Gasteiger partial charge in [-0.3, -0.25) is 4.79 Å². The standard InChI is InChI=1S/C24H22N4O2S/c1-3-5-7-17(4-2)19-13-26-23-21(14-27-28(23)15-19)18-12-22(31-16-18)24(29)25-10-9-20-8-6-11-30-20/h3-8,11-16H,2,9-10H2,1H3,(H,25,29)/b5-3-,17-7+. The number of nitrogens with zero attached hydrogens (tertiary/aromatic N) is 3. The van der Waals surface area contributed by atoms with E-state index in [0.717, 1.165) is 33.7 Å². The van der Waals surface area contributed by atoms with Crippen LogP contribution in [0.4, 0.5) is 0 Å². The molecule has 6 nitrogen and oxygen atoms in total. The molecule has 7 heteroatoms. The van der Waals surface area contributed by atoms with Crippen molar-refractivity contribution in [2.75, 3.05) is 6.54 Å². The van der Waals surface area contributed by atoms with Crippen LogP contribution in [0.5, 0.6) is 0 Å². The molecule has 0 fully saturated rings. The zero-order valence-corrected chi connectivity index (χ0v) is 17.9. The molecule has 0 spiro atoms. The molecule has 1 N–H and O–H groups in total. The average molecular weight is 431 g/mol. The smallest absolute Gasteiger partial charge is 0.261 e. The van der Waals surface area contributed by atoms with Gasteiger partial charge in [0.15, 0.2) is 5.65 Å². The van der Waals surface area contributed by atoms with Crippen molar-refractivity contribution in [3.05, 3.63) is 95.5 Å². The Labute approximate surface area is 184 Å². The van der Waals surface area contributed by atoms with Crippen LogP contribution < -0.4 is 5.32 Å². The first-order chi connectivity index (χ1) is 15.2. The highest BCUT2D eigenvalue weighted by molar-refractivity contribution is 7.12. The summed E-state index contributed by atoms with van der Waals surface area (Å²) in [4.78, 5) is 17.7. The molecule has 0 aliphatic carbocycles. The molecule has 0 unspecified atom stereocenters. The zero-order chi connectivity index (χ0) is 21.6. The number of carbonyl (C=O) groups is 1. The molecule has 156 valence electrons. The van der Waals surface area contributed by atoms with E-state index in [1.165, 1.54) is 11.3 Å². The summed E-state index contributed by atoms with van der Waals surface area (Å²) in [6.07, 6.45) is 15.5. The number of aromatic nitrogens is 3. The maximum Gasteiger partial charge on any atom is 0.261 e. The third-order valence-electron chi connectivity index (χ3n) is 4.75. The van der Waals surface area contributed by atoms with Crippen molar-refractivity contribution in [2.24, 2.45) is 0 Å². The van der Waals surface area contributed by atoms with E-state index in [1.807, 2.05) is 61.1 Å². The predicted octanol–water partition coefficient (Wildman–Crippen LogP) is 5.17. The zero-order valence-electron chi connectivity index (χ0n) is 17.1. The fourth-order valence-corrected chi connectivity index (χ4v) is 3.97. The van der Waals surface area contributed by atoms with E-state index in [9.17, 15) is 4.79 Å². The van der Waals surface area contributed by atoms with Crippen LogP contribution in [-0.2, 0) is 6.42 Å². The minimum Gasteiger partial charge on any atom is -0.469 e. The molecule has 0 radical (unpaired) electrons. The van der Waals surface area contributed by atoms with E-state index in [1.54, 1.807) is 23.1 Å². The summed E-state index contributed by atoms with van der Waals surface area (Å²) >= 11 is 1.40. The number of thiophene rings is 1. The summed E-state index contributed by atoms with van der Waals surface area (Å²) in [6, 6.07) is 5.61. The highest BCUT2D eigenvalue weighted by Gasteiger charge is 2.14. The highest BCUT2D eigenvalue weighted by Crippen LogP contribution is 2.29. The Morgan fingerprint density at radius 1 is 1.39 bits per heavy atom. The van der Waals surface area contributed by atoms with Crippen LogP contribution in [0.25, 0.3) is 22.3 Å². The topological polar surface area (TPSA) is 72.4 Å². The maximum atomic E-state index is 12.5. The van der Waals surface area contributed by atoms with Gasteiger partial charge in [-0.15, -0.1) is 11.3 Å². The molecule has 1 amide bonds. The Bertz CT molecular complexity index is 1260. The number of fused-ring (bicyclic) bond motifs is 1. The number of furan rings is 1. The summed E-state index contributed by atoms with van der Waals surface area (Å²) in [5, 5.41) is 9.34. The maximum absolute atomic E-state index is 12.5. The number of amides is 1. The Kier molecular flexibility index (Phi) is 6.24. The largest absolute Gasteiger partial charge is 0.469 e. The van der Waals surface area contributed by atoms with Gasteiger partial charge in [0.2, 0.25) is 0 Å². The molecular formula is C24H22N4O2S. The molecule has 4 heterocycles. The van der Waals surface area contributed by atoms with E-state index in [-0.39, 0.29) is 5.91 Å². The Hall–Kier alpha value is -3.71. The molecular weight excluding hydrogens is 408 g/mol. The molecule has 4 rings (SSSR count). The number of carbonyl (C=O) groups excluding carboxylic acids is 1. The Morgan fingerprint density at radius 2 is 2.29 bits per heavy atom. The van der Waals surface area contributed by atoms with Crippen LogP contribution in [0.15, 0.2) is 83.7 Å². The van der Waals surface area contributed by atoms with Gasteiger partial charge < -0.3 is 9.73 Å². The first-order valence-corrected chi connectivity index (χ1v) is 10.8. The number of hydrogen-bond acceptors (Lipinski definition) is 5. The quantitative estimate of drug-likeness (QED) is 0.392. The molecule has 0 saturated heterocycles. The van der Waals surface area contributed by atoms with Gasteiger partial charge in [-0.1, -0.05) is 30.9 Å². The van der Waals surface area contributed by atoms with Gasteiger partial charge in [0.05, 0.1) is 17.3 Å². The van der Waals surface area contributed by atoms with Crippen LogP contribution in [-0.4, -0.2) is 27.0 Å². The van der Waals surface area contributed by atoms with Crippen LogP contribution in [0.2, 0.25) is 0 Å². The SMILES string of the molecule is C=C/C(=C\C=C/C)c1cnc2c(-c3csc(C(=O)NCCc4ccco4)c3)cnn2c1. The van der Waals surface area contributed by atoms with Gasteiger partial charge in [-0.2, -0.15) is 5.10 Å². The van der Waals surface area contributed by atoms with Gasteiger partial charge in [-0.05, 0) is 41.6 Å². The summed E-state index contributed by atoms with van der Waals surface area (Å²) in [5.74, 6) is 0.753. The number of rotatable bonds is 8. The first kappa shape index (κ1) is 20.6. The van der Waals surface area contributed by atoms with Crippen molar-refractivity contribution in [3.63, 3.8) is 0 Å². The molecule has 4 aromatic heterocycles. The predicted molar refractivity (Wildman–Crippen MR) is 124 cm³/mol. The van der Waals surface area contributed by atoms with Crippen molar-refractivity contribution in [1.29, 1.82) is 0 Å². The van der Waals surface area contributed by atoms with E-state index >= 15 is 0 Å². The van der Waals surface area contributed by atoms with E-state index in [0.29, 0.717) is 17.8 Å². The Morgan fingerprint density at radius 3 is 3.06 bits per heavy atom. The average Bonchev–Trinajstić information content (AvgIpc) is 3.54. The molecule has 0 bridgehead atoms. The molecule has 0 aliphatic rings. The molecule has 0 aromatic carbocycles. The fraction of sp³-hybridized carbons (Fsp3) is 0.125. The molecule has 0 atom stereocenters. The van der Waals surface area contributed by atoms with Gasteiger partial charge in [0, 0.05) is 36.5 Å². The second-order valence-corrected chi connectivity index (χ2v) is 7.72. The van der Waals surface area contributed by atoms with Crippen LogP contribution in [0.3, 0.4) is 0 Å². The van der Waals surface area contributed by atoms with Crippen LogP contribution in [0.1, 0.15) is 27.9 Å². The summed E-state index contributed by atoms with van der Waals surface area (Å²) in [7, 11) is 0. The summed E-state index contributed by atoms with van der Waals surface area (Å²) < 4.78 is 7.04. The normalized spacial score (nSPS) is 12.0. The molecule has 4 aromatic rings. The van der Waals surface area contributed by atoms with Crippen LogP contribution >= 0.6 is 11.3 Å². The summed E-state index contributed by atoms with van der Waals surface area (Å²) in [5.41, 5.74) is 4.44.